The lowest BCUT2D eigenvalue weighted by Crippen LogP contribution is -2.68. The number of alkyl halides is 6. The highest BCUT2D eigenvalue weighted by Gasteiger charge is 2.43. The molecule has 8 nitrogen and oxygen atoms in total. The number of rotatable bonds is 6. The first-order chi connectivity index (χ1) is 20.5. The number of halogens is 7. The number of benzene rings is 2. The summed E-state index contributed by atoms with van der Waals surface area (Å²) in [7, 11) is 4.17. The van der Waals surface area contributed by atoms with Crippen LogP contribution < -0.4 is 5.32 Å². The summed E-state index contributed by atoms with van der Waals surface area (Å²) in [6, 6.07) is 5.72. The third kappa shape index (κ3) is 9.31. The zero-order valence-corrected chi connectivity index (χ0v) is 24.4. The van der Waals surface area contributed by atoms with E-state index in [9.17, 15) is 45.1 Å². The number of carbonyl (C=O) groups excluding carboxylic acids is 3. The van der Waals surface area contributed by atoms with E-state index in [1.807, 2.05) is 0 Å². The lowest BCUT2D eigenvalue weighted by Gasteiger charge is -2.48. The van der Waals surface area contributed by atoms with Gasteiger partial charge in [0.25, 0.3) is 0 Å². The van der Waals surface area contributed by atoms with Gasteiger partial charge in [-0.25, -0.2) is 9.18 Å². The van der Waals surface area contributed by atoms with Crippen LogP contribution >= 0.6 is 0 Å². The number of hydrogen-bond acceptors (Lipinski definition) is 4. The number of urea groups is 1. The molecule has 2 aliphatic heterocycles. The second kappa shape index (κ2) is 14.3. The highest BCUT2D eigenvalue weighted by Crippen LogP contribution is 2.36. The summed E-state index contributed by atoms with van der Waals surface area (Å²) in [4.78, 5) is 43.9. The minimum atomic E-state index is -5.03. The summed E-state index contributed by atoms with van der Waals surface area (Å²) in [6.45, 7) is 2.22. The maximum atomic E-state index is 13.6. The van der Waals surface area contributed by atoms with Crippen molar-refractivity contribution in [1.29, 1.82) is 0 Å². The summed E-state index contributed by atoms with van der Waals surface area (Å²) in [5.74, 6) is -1.32. The lowest BCUT2D eigenvalue weighted by atomic mass is 10.0. The molecule has 0 aromatic heterocycles. The molecule has 1 N–H and O–H groups in total. The van der Waals surface area contributed by atoms with Crippen molar-refractivity contribution in [3.8, 4) is 0 Å². The summed E-state index contributed by atoms with van der Waals surface area (Å²) in [5.41, 5.74) is -2.96. The number of fused-ring (bicyclic) bond motifs is 1. The van der Waals surface area contributed by atoms with Crippen molar-refractivity contribution >= 4 is 17.8 Å². The van der Waals surface area contributed by atoms with E-state index in [4.69, 9.17) is 0 Å². The van der Waals surface area contributed by atoms with Crippen molar-refractivity contribution in [3.63, 3.8) is 0 Å². The van der Waals surface area contributed by atoms with Crippen LogP contribution in [0.4, 0.5) is 35.5 Å². The van der Waals surface area contributed by atoms with Crippen molar-refractivity contribution in [3.05, 3.63) is 70.5 Å². The van der Waals surface area contributed by atoms with E-state index in [0.29, 0.717) is 17.7 Å². The van der Waals surface area contributed by atoms with Gasteiger partial charge in [-0.1, -0.05) is 19.1 Å². The Morgan fingerprint density at radius 2 is 1.59 bits per heavy atom. The second-order valence-corrected chi connectivity index (χ2v) is 10.7. The van der Waals surface area contributed by atoms with Gasteiger partial charge in [0.15, 0.2) is 0 Å². The largest absolute Gasteiger partial charge is 0.416 e. The molecule has 4 amide bonds. The van der Waals surface area contributed by atoms with Gasteiger partial charge in [-0.15, -0.1) is 0 Å². The third-order valence-corrected chi connectivity index (χ3v) is 6.93. The zero-order valence-electron chi connectivity index (χ0n) is 24.4. The second-order valence-electron chi connectivity index (χ2n) is 10.7. The van der Waals surface area contributed by atoms with Crippen molar-refractivity contribution in [2.24, 2.45) is 0 Å². The summed E-state index contributed by atoms with van der Waals surface area (Å²) >= 11 is 0. The number of piperazine rings is 1. The Labute approximate surface area is 250 Å². The summed E-state index contributed by atoms with van der Waals surface area (Å²) in [5, 5.41) is 2.32. The molecule has 2 aromatic carbocycles. The molecule has 0 bridgehead atoms. The lowest BCUT2D eigenvalue weighted by molar-refractivity contribution is -0.159. The fraction of sp³-hybridized carbons (Fsp3) is 0.483. The first kappa shape index (κ1) is 34.6. The van der Waals surface area contributed by atoms with E-state index in [1.165, 1.54) is 45.9 Å². The minimum Gasteiger partial charge on any atom is -0.334 e. The first-order valence-electron chi connectivity index (χ1n) is 13.8. The van der Waals surface area contributed by atoms with Gasteiger partial charge < -0.3 is 24.9 Å². The van der Waals surface area contributed by atoms with Crippen LogP contribution in [0.1, 0.15) is 42.0 Å². The molecule has 0 saturated carbocycles. The highest BCUT2D eigenvalue weighted by atomic mass is 19.4. The van der Waals surface area contributed by atoms with Gasteiger partial charge in [0.05, 0.1) is 17.7 Å². The quantitative estimate of drug-likeness (QED) is 0.458. The standard InChI is InChI=1S/C24H21F7N4O3.C5H13N/c25-18-3-1-2-14(8-18)11-33-12-19-34(5-4-20(36)35(19)13-21(33)37)22(38)32-10-15-6-16(23(26,27)28)9-17(7-15)24(29,30)31;1-4-5-6(2)3/h1-3,6-9,19H,4-5,10-13H2,(H,32,38);4-5H2,1-3H3. The number of nitrogens with zero attached hydrogens (tertiary/aromatic N) is 4. The minimum absolute atomic E-state index is 0.00826. The van der Waals surface area contributed by atoms with E-state index in [1.54, 1.807) is 6.07 Å². The molecule has 15 heteroatoms. The van der Waals surface area contributed by atoms with E-state index in [0.717, 1.165) is 0 Å². The van der Waals surface area contributed by atoms with Crippen molar-refractivity contribution < 1.29 is 45.1 Å². The van der Waals surface area contributed by atoms with Gasteiger partial charge >= 0.3 is 18.4 Å². The molecule has 44 heavy (non-hydrogen) atoms. The predicted octanol–water partition coefficient (Wildman–Crippen LogP) is 4.93. The Balaban J connectivity index is 0.000000801. The van der Waals surface area contributed by atoms with Crippen LogP contribution in [0.5, 0.6) is 0 Å². The van der Waals surface area contributed by atoms with E-state index in [-0.39, 0.29) is 44.6 Å². The van der Waals surface area contributed by atoms with Crippen LogP contribution in [0, 0.1) is 5.82 Å². The topological polar surface area (TPSA) is 76.2 Å². The molecule has 1 unspecified atom stereocenters. The van der Waals surface area contributed by atoms with Crippen LogP contribution in [-0.2, 0) is 35.0 Å². The highest BCUT2D eigenvalue weighted by molar-refractivity contribution is 5.88. The summed E-state index contributed by atoms with van der Waals surface area (Å²) < 4.78 is 92.4. The van der Waals surface area contributed by atoms with Crippen LogP contribution in [0.2, 0.25) is 0 Å². The maximum Gasteiger partial charge on any atom is 0.416 e. The molecule has 4 rings (SSSR count). The van der Waals surface area contributed by atoms with E-state index < -0.39 is 59.5 Å². The van der Waals surface area contributed by atoms with E-state index in [2.05, 4.69) is 31.2 Å². The SMILES string of the molecule is CCCN(C)C.O=C1CN2C(=O)CCN(C(=O)NCc3cc(C(F)(F)F)cc(C(F)(F)F)c3)C2CN1Cc1cccc(F)c1. The molecule has 2 aliphatic rings. The van der Waals surface area contributed by atoms with Gasteiger partial charge in [0.2, 0.25) is 11.8 Å². The Hall–Kier alpha value is -3.88. The zero-order chi connectivity index (χ0) is 32.8. The Morgan fingerprint density at radius 3 is 2.11 bits per heavy atom. The smallest absolute Gasteiger partial charge is 0.334 e. The Bertz CT molecular complexity index is 1300. The Kier molecular flexibility index (Phi) is 11.2. The van der Waals surface area contributed by atoms with Crippen LogP contribution in [0.25, 0.3) is 0 Å². The van der Waals surface area contributed by atoms with Crippen molar-refractivity contribution in [1.82, 2.24) is 24.9 Å². The van der Waals surface area contributed by atoms with Gasteiger partial charge in [0, 0.05) is 26.1 Å². The van der Waals surface area contributed by atoms with Crippen LogP contribution in [0.15, 0.2) is 42.5 Å². The molecule has 0 radical (unpaired) electrons. The molecular formula is C29H34F7N5O3. The normalized spacial score (nSPS) is 17.3. The van der Waals surface area contributed by atoms with Gasteiger partial charge in [0.1, 0.15) is 18.5 Å². The molecule has 0 aliphatic carbocycles. The van der Waals surface area contributed by atoms with Gasteiger partial charge in [-0.3, -0.25) is 9.59 Å². The third-order valence-electron chi connectivity index (χ3n) is 6.93. The van der Waals surface area contributed by atoms with Crippen LogP contribution in [-0.4, -0.2) is 83.9 Å². The maximum absolute atomic E-state index is 13.6. The molecule has 2 heterocycles. The monoisotopic (exact) mass is 633 g/mol. The molecule has 242 valence electrons. The average molecular weight is 634 g/mol. The number of hydrogen-bond donors (Lipinski definition) is 1. The molecule has 0 spiro atoms. The average Bonchev–Trinajstić information content (AvgIpc) is 2.92. The molecular weight excluding hydrogens is 599 g/mol. The fourth-order valence-corrected chi connectivity index (χ4v) is 4.87. The molecule has 2 saturated heterocycles. The van der Waals surface area contributed by atoms with Crippen molar-refractivity contribution in [2.75, 3.05) is 40.3 Å². The Morgan fingerprint density at radius 1 is 0.955 bits per heavy atom. The fourth-order valence-electron chi connectivity index (χ4n) is 4.87. The first-order valence-corrected chi connectivity index (χ1v) is 13.8. The predicted molar refractivity (Wildman–Crippen MR) is 146 cm³/mol. The number of carbonyl (C=O) groups is 3. The molecule has 2 fully saturated rings. The molecule has 1 atom stereocenters. The van der Waals surface area contributed by atoms with Crippen LogP contribution in [0.3, 0.4) is 0 Å². The number of amides is 4. The van der Waals surface area contributed by atoms with Crippen molar-refractivity contribution in [2.45, 2.75) is 51.4 Å². The van der Waals surface area contributed by atoms with Gasteiger partial charge in [-0.2, -0.15) is 26.3 Å². The number of nitrogens with one attached hydrogen (secondary N) is 1. The van der Waals surface area contributed by atoms with E-state index >= 15 is 0 Å². The van der Waals surface area contributed by atoms with Gasteiger partial charge in [-0.05, 0) is 68.5 Å². The molecule has 2 aromatic rings. The summed E-state index contributed by atoms with van der Waals surface area (Å²) in [6.07, 6.45) is -9.86.